The number of benzene rings is 4. The van der Waals surface area contributed by atoms with E-state index >= 15 is 0 Å². The number of carbonyl (C=O) groups is 3. The molecule has 0 aliphatic heterocycles. The van der Waals surface area contributed by atoms with Crippen molar-refractivity contribution in [3.05, 3.63) is 120 Å². The van der Waals surface area contributed by atoms with Gasteiger partial charge in [0.2, 0.25) is 0 Å². The molecule has 2 unspecified atom stereocenters. The normalized spacial score (nSPS) is 13.2. The van der Waals surface area contributed by atoms with Crippen LogP contribution in [0.5, 0.6) is 23.0 Å². The van der Waals surface area contributed by atoms with E-state index in [9.17, 15) is 19.5 Å². The van der Waals surface area contributed by atoms with Gasteiger partial charge in [0.05, 0.1) is 30.9 Å². The van der Waals surface area contributed by atoms with Crippen LogP contribution in [-0.4, -0.2) is 62.2 Å². The van der Waals surface area contributed by atoms with Crippen molar-refractivity contribution in [2.24, 2.45) is 0 Å². The number of carbonyl (C=O) groups excluding carboxylic acids is 3. The molecule has 0 radical (unpaired) electrons. The van der Waals surface area contributed by atoms with Gasteiger partial charge < -0.3 is 33.5 Å². The minimum absolute atomic E-state index is 0.0103. The van der Waals surface area contributed by atoms with Crippen molar-refractivity contribution in [3.63, 3.8) is 0 Å². The molecule has 1 aliphatic rings. The standard InChI is InChI=1S/C46H52O10/c1-4-6-7-8-9-10-26-52-36-17-13-33(14-18-36)45(49)55-38-21-23-40-41-24-22-39(29-43(41)32(3)42(40)28-38)56-46(50)34-15-19-37(20-16-34)53-27-12-11-25-51-30-35(47)31-54-44(48)5-2/h5,13-24,28-29,32,35,47H,2,4,6-12,25-27,30-31H2,1,3H3. The van der Waals surface area contributed by atoms with Gasteiger partial charge in [-0.15, -0.1) is 0 Å². The average molecular weight is 765 g/mol. The Morgan fingerprint density at radius 2 is 1.11 bits per heavy atom. The zero-order valence-corrected chi connectivity index (χ0v) is 32.3. The molecule has 4 aromatic carbocycles. The maximum Gasteiger partial charge on any atom is 0.343 e. The first-order valence-electron chi connectivity index (χ1n) is 19.5. The third-order valence-corrected chi connectivity index (χ3v) is 9.48. The van der Waals surface area contributed by atoms with Crippen molar-refractivity contribution in [3.8, 4) is 34.1 Å². The number of unbranched alkanes of at least 4 members (excludes halogenated alkanes) is 6. The van der Waals surface area contributed by atoms with E-state index in [2.05, 4.69) is 20.4 Å². The lowest BCUT2D eigenvalue weighted by atomic mass is 9.99. The van der Waals surface area contributed by atoms with Crippen LogP contribution in [0.15, 0.2) is 97.6 Å². The van der Waals surface area contributed by atoms with E-state index in [1.54, 1.807) is 60.7 Å². The second-order valence-electron chi connectivity index (χ2n) is 13.8. The maximum absolute atomic E-state index is 13.0. The number of ether oxygens (including phenoxy) is 6. The summed E-state index contributed by atoms with van der Waals surface area (Å²) in [6.07, 6.45) is 8.79. The topological polar surface area (TPSA) is 127 Å². The summed E-state index contributed by atoms with van der Waals surface area (Å²) in [5, 5.41) is 9.76. The second-order valence-corrected chi connectivity index (χ2v) is 13.8. The molecule has 56 heavy (non-hydrogen) atoms. The molecule has 1 aliphatic carbocycles. The number of aliphatic hydroxyl groups excluding tert-OH is 1. The van der Waals surface area contributed by atoms with Gasteiger partial charge in [-0.25, -0.2) is 14.4 Å². The van der Waals surface area contributed by atoms with E-state index in [1.807, 2.05) is 24.3 Å². The first-order valence-corrected chi connectivity index (χ1v) is 19.5. The maximum atomic E-state index is 13.0. The van der Waals surface area contributed by atoms with Crippen molar-refractivity contribution in [1.29, 1.82) is 0 Å². The Morgan fingerprint density at radius 3 is 1.62 bits per heavy atom. The smallest absolute Gasteiger partial charge is 0.343 e. The van der Waals surface area contributed by atoms with E-state index < -0.39 is 24.0 Å². The summed E-state index contributed by atoms with van der Waals surface area (Å²) in [6.45, 7) is 9.05. The lowest BCUT2D eigenvalue weighted by Gasteiger charge is -2.11. The number of rotatable bonds is 23. The fraction of sp³-hybridized carbons (Fsp3) is 0.370. The van der Waals surface area contributed by atoms with Crippen LogP contribution in [0, 0.1) is 0 Å². The molecule has 2 atom stereocenters. The predicted molar refractivity (Wildman–Crippen MR) is 214 cm³/mol. The molecule has 10 nitrogen and oxygen atoms in total. The summed E-state index contributed by atoms with van der Waals surface area (Å²) < 4.78 is 33.3. The summed E-state index contributed by atoms with van der Waals surface area (Å²) in [5.74, 6) is 0.740. The Hall–Kier alpha value is -5.45. The third kappa shape index (κ3) is 12.3. The van der Waals surface area contributed by atoms with Crippen molar-refractivity contribution >= 4 is 17.9 Å². The quantitative estimate of drug-likeness (QED) is 0.0338. The average Bonchev–Trinajstić information content (AvgIpc) is 3.49. The predicted octanol–water partition coefficient (Wildman–Crippen LogP) is 9.26. The molecule has 0 amide bonds. The number of esters is 3. The van der Waals surface area contributed by atoms with Gasteiger partial charge in [-0.1, -0.05) is 64.7 Å². The fourth-order valence-electron chi connectivity index (χ4n) is 6.36. The Balaban J connectivity index is 1.05. The van der Waals surface area contributed by atoms with E-state index in [4.69, 9.17) is 28.4 Å². The minimum Gasteiger partial charge on any atom is -0.494 e. The zero-order chi connectivity index (χ0) is 39.7. The summed E-state index contributed by atoms with van der Waals surface area (Å²) >= 11 is 0. The molecule has 0 saturated carbocycles. The molecular formula is C46H52O10. The lowest BCUT2D eigenvalue weighted by Crippen LogP contribution is -2.23. The van der Waals surface area contributed by atoms with Crippen LogP contribution in [0.3, 0.4) is 0 Å². The Bertz CT molecular complexity index is 1900. The number of hydrogen-bond acceptors (Lipinski definition) is 10. The van der Waals surface area contributed by atoms with Crippen LogP contribution < -0.4 is 18.9 Å². The molecule has 296 valence electrons. The van der Waals surface area contributed by atoms with E-state index in [-0.39, 0.29) is 19.1 Å². The van der Waals surface area contributed by atoms with Crippen molar-refractivity contribution in [2.75, 3.05) is 33.0 Å². The van der Waals surface area contributed by atoms with Crippen LogP contribution >= 0.6 is 0 Å². The highest BCUT2D eigenvalue weighted by Crippen LogP contribution is 2.47. The number of aliphatic hydroxyl groups is 1. The molecule has 0 fully saturated rings. The van der Waals surface area contributed by atoms with Gasteiger partial charge in [-0.2, -0.15) is 0 Å². The molecule has 0 aromatic heterocycles. The van der Waals surface area contributed by atoms with Gasteiger partial charge in [-0.3, -0.25) is 0 Å². The van der Waals surface area contributed by atoms with Crippen LogP contribution in [-0.2, 0) is 14.3 Å². The van der Waals surface area contributed by atoms with Gasteiger partial charge >= 0.3 is 17.9 Å². The molecular weight excluding hydrogens is 712 g/mol. The molecule has 0 spiro atoms. The van der Waals surface area contributed by atoms with E-state index in [1.165, 1.54) is 25.7 Å². The first kappa shape index (κ1) is 41.7. The number of fused-ring (bicyclic) bond motifs is 3. The van der Waals surface area contributed by atoms with Gasteiger partial charge in [0.15, 0.2) is 0 Å². The number of hydrogen-bond donors (Lipinski definition) is 1. The molecule has 0 heterocycles. The van der Waals surface area contributed by atoms with Gasteiger partial charge in [0.25, 0.3) is 0 Å². The zero-order valence-electron chi connectivity index (χ0n) is 32.3. The summed E-state index contributed by atoms with van der Waals surface area (Å²) in [7, 11) is 0. The molecule has 10 heteroatoms. The monoisotopic (exact) mass is 764 g/mol. The van der Waals surface area contributed by atoms with Crippen LogP contribution in [0.1, 0.15) is 103 Å². The summed E-state index contributed by atoms with van der Waals surface area (Å²) in [6, 6.07) is 25.1. The Labute approximate surface area is 329 Å². The van der Waals surface area contributed by atoms with Crippen LogP contribution in [0.25, 0.3) is 11.1 Å². The van der Waals surface area contributed by atoms with Gasteiger partial charge in [0.1, 0.15) is 35.7 Å². The van der Waals surface area contributed by atoms with Crippen LogP contribution in [0.2, 0.25) is 0 Å². The first-order chi connectivity index (χ1) is 27.2. The minimum atomic E-state index is -0.895. The van der Waals surface area contributed by atoms with Crippen molar-refractivity contribution in [2.45, 2.75) is 77.2 Å². The van der Waals surface area contributed by atoms with Crippen molar-refractivity contribution in [1.82, 2.24) is 0 Å². The van der Waals surface area contributed by atoms with Crippen molar-refractivity contribution < 1.29 is 47.9 Å². The molecule has 0 saturated heterocycles. The molecule has 4 aromatic rings. The Morgan fingerprint density at radius 1 is 0.643 bits per heavy atom. The van der Waals surface area contributed by atoms with Gasteiger partial charge in [0, 0.05) is 18.6 Å². The van der Waals surface area contributed by atoms with E-state index in [0.29, 0.717) is 54.6 Å². The molecule has 1 N–H and O–H groups in total. The Kier molecular flexibility index (Phi) is 16.1. The SMILES string of the molecule is C=CC(=O)OCC(O)COCCCCOc1ccc(C(=O)Oc2ccc3c(c2)C(C)c2cc(OC(=O)c4ccc(OCCCCCCCC)cc4)ccc2-3)cc1. The molecule has 0 bridgehead atoms. The van der Waals surface area contributed by atoms with Crippen LogP contribution in [0.4, 0.5) is 0 Å². The highest BCUT2D eigenvalue weighted by atomic mass is 16.6. The largest absolute Gasteiger partial charge is 0.494 e. The van der Waals surface area contributed by atoms with E-state index in [0.717, 1.165) is 53.3 Å². The lowest BCUT2D eigenvalue weighted by molar-refractivity contribution is -0.141. The van der Waals surface area contributed by atoms with Gasteiger partial charge in [-0.05, 0) is 114 Å². The highest BCUT2D eigenvalue weighted by molar-refractivity contribution is 5.92. The second kappa shape index (κ2) is 21.6. The fourth-order valence-corrected chi connectivity index (χ4v) is 6.36. The highest BCUT2D eigenvalue weighted by Gasteiger charge is 2.27. The summed E-state index contributed by atoms with van der Waals surface area (Å²) in [5.41, 5.74) is 4.97. The molecule has 5 rings (SSSR count). The third-order valence-electron chi connectivity index (χ3n) is 9.48. The summed E-state index contributed by atoms with van der Waals surface area (Å²) in [4.78, 5) is 37.1.